The van der Waals surface area contributed by atoms with Crippen LogP contribution < -0.4 is 5.73 Å². The van der Waals surface area contributed by atoms with Crippen molar-refractivity contribution in [3.05, 3.63) is 52.3 Å². The van der Waals surface area contributed by atoms with Crippen molar-refractivity contribution >= 4 is 34.5 Å². The predicted octanol–water partition coefficient (Wildman–Crippen LogP) is 4.20. The fourth-order valence-corrected chi connectivity index (χ4v) is 2.60. The Hall–Kier alpha value is -1.71. The number of pyridine rings is 1. The van der Waals surface area contributed by atoms with Gasteiger partial charge in [-0.3, -0.25) is 0 Å². The number of rotatable bonds is 1. The molecule has 0 aliphatic carbocycles. The van der Waals surface area contributed by atoms with E-state index in [2.05, 4.69) is 4.98 Å². The molecular formula is C14H11Cl2N3. The number of nitrogens with two attached hydrogens (primary N) is 1. The highest BCUT2D eigenvalue weighted by atomic mass is 35.5. The third-order valence-corrected chi connectivity index (χ3v) is 3.47. The summed E-state index contributed by atoms with van der Waals surface area (Å²) in [6, 6.07) is 7.25. The number of fused-ring (bicyclic) bond motifs is 1. The normalized spacial score (nSPS) is 11.1. The van der Waals surface area contributed by atoms with Gasteiger partial charge >= 0.3 is 0 Å². The summed E-state index contributed by atoms with van der Waals surface area (Å²) in [6.45, 7) is 1.99. The molecule has 0 bridgehead atoms. The van der Waals surface area contributed by atoms with Gasteiger partial charge in [0.05, 0.1) is 16.4 Å². The molecule has 96 valence electrons. The number of halogens is 2. The molecule has 0 unspecified atom stereocenters. The number of aromatic nitrogens is 2. The highest BCUT2D eigenvalue weighted by Gasteiger charge is 2.10. The van der Waals surface area contributed by atoms with Crippen molar-refractivity contribution < 1.29 is 0 Å². The average molecular weight is 292 g/mol. The van der Waals surface area contributed by atoms with Gasteiger partial charge in [-0.1, -0.05) is 23.2 Å². The van der Waals surface area contributed by atoms with Gasteiger partial charge in [0, 0.05) is 23.0 Å². The van der Waals surface area contributed by atoms with Crippen LogP contribution in [0, 0.1) is 6.92 Å². The number of nitrogens with zero attached hydrogens (tertiary/aromatic N) is 2. The maximum Gasteiger partial charge on any atom is 0.160 e. The Morgan fingerprint density at radius 1 is 1.16 bits per heavy atom. The van der Waals surface area contributed by atoms with Crippen molar-refractivity contribution in [2.45, 2.75) is 6.92 Å². The van der Waals surface area contributed by atoms with E-state index in [4.69, 9.17) is 28.9 Å². The standard InChI is InChI=1S/C14H11Cl2N3/c1-8-4-12(17)14-18-13(7-19(14)6-8)10-3-2-9(15)5-11(10)16/h2-7H,17H2,1H3. The first-order chi connectivity index (χ1) is 9.04. The summed E-state index contributed by atoms with van der Waals surface area (Å²) in [7, 11) is 0. The van der Waals surface area contributed by atoms with E-state index < -0.39 is 0 Å². The average Bonchev–Trinajstić information content (AvgIpc) is 2.72. The van der Waals surface area contributed by atoms with Crippen LogP contribution in [0.2, 0.25) is 10.0 Å². The fraction of sp³-hybridized carbons (Fsp3) is 0.0714. The van der Waals surface area contributed by atoms with E-state index in [1.54, 1.807) is 12.1 Å². The molecule has 0 atom stereocenters. The number of nitrogen functional groups attached to an aromatic ring is 1. The van der Waals surface area contributed by atoms with Crippen LogP contribution in [0.4, 0.5) is 5.69 Å². The first kappa shape index (κ1) is 12.3. The second kappa shape index (κ2) is 4.44. The van der Waals surface area contributed by atoms with Gasteiger partial charge in [0.15, 0.2) is 5.65 Å². The lowest BCUT2D eigenvalue weighted by molar-refractivity contribution is 1.16. The van der Waals surface area contributed by atoms with Gasteiger partial charge < -0.3 is 10.1 Å². The molecule has 0 aliphatic heterocycles. The minimum absolute atomic E-state index is 0.575. The zero-order valence-corrected chi connectivity index (χ0v) is 11.7. The van der Waals surface area contributed by atoms with Gasteiger partial charge in [-0.25, -0.2) is 4.98 Å². The SMILES string of the molecule is Cc1cc(N)c2nc(-c3ccc(Cl)cc3Cl)cn2c1. The molecule has 0 saturated carbocycles. The molecule has 3 nitrogen and oxygen atoms in total. The van der Waals surface area contributed by atoms with Gasteiger partial charge in [0.1, 0.15) is 0 Å². The molecule has 0 aliphatic rings. The van der Waals surface area contributed by atoms with Crippen LogP contribution in [-0.2, 0) is 0 Å². The number of anilines is 1. The van der Waals surface area contributed by atoms with E-state index in [0.717, 1.165) is 22.5 Å². The molecule has 2 N–H and O–H groups in total. The van der Waals surface area contributed by atoms with Gasteiger partial charge in [0.25, 0.3) is 0 Å². The summed E-state index contributed by atoms with van der Waals surface area (Å²) in [5.74, 6) is 0. The minimum Gasteiger partial charge on any atom is -0.396 e. The molecular weight excluding hydrogens is 281 g/mol. The van der Waals surface area contributed by atoms with Crippen LogP contribution in [-0.4, -0.2) is 9.38 Å². The quantitative estimate of drug-likeness (QED) is 0.730. The first-order valence-electron chi connectivity index (χ1n) is 5.75. The monoisotopic (exact) mass is 291 g/mol. The third kappa shape index (κ3) is 2.15. The van der Waals surface area contributed by atoms with Crippen LogP contribution in [0.3, 0.4) is 0 Å². The Balaban J connectivity index is 2.23. The molecule has 2 aromatic heterocycles. The van der Waals surface area contributed by atoms with Crippen LogP contribution in [0.25, 0.3) is 16.9 Å². The third-order valence-electron chi connectivity index (χ3n) is 2.92. The molecule has 5 heteroatoms. The zero-order valence-electron chi connectivity index (χ0n) is 10.2. The van der Waals surface area contributed by atoms with Crippen molar-refractivity contribution in [1.29, 1.82) is 0 Å². The fourth-order valence-electron chi connectivity index (χ4n) is 2.10. The van der Waals surface area contributed by atoms with Crippen molar-refractivity contribution in [3.8, 4) is 11.3 Å². The molecule has 1 aromatic carbocycles. The van der Waals surface area contributed by atoms with E-state index in [1.165, 1.54) is 0 Å². The smallest absolute Gasteiger partial charge is 0.160 e. The summed E-state index contributed by atoms with van der Waals surface area (Å²) < 4.78 is 1.91. The van der Waals surface area contributed by atoms with Crippen LogP contribution >= 0.6 is 23.2 Å². The van der Waals surface area contributed by atoms with E-state index in [9.17, 15) is 0 Å². The molecule has 0 amide bonds. The number of aryl methyl sites for hydroxylation is 1. The van der Waals surface area contributed by atoms with E-state index in [0.29, 0.717) is 15.7 Å². The van der Waals surface area contributed by atoms with Gasteiger partial charge in [-0.15, -0.1) is 0 Å². The Morgan fingerprint density at radius 2 is 1.95 bits per heavy atom. The Bertz CT molecular complexity index is 778. The van der Waals surface area contributed by atoms with E-state index in [1.807, 2.05) is 35.9 Å². The molecule has 2 heterocycles. The summed E-state index contributed by atoms with van der Waals surface area (Å²) in [4.78, 5) is 4.52. The lowest BCUT2D eigenvalue weighted by Crippen LogP contribution is -1.93. The summed E-state index contributed by atoms with van der Waals surface area (Å²) in [6.07, 6.45) is 3.89. The highest BCUT2D eigenvalue weighted by Crippen LogP contribution is 2.30. The lowest BCUT2D eigenvalue weighted by atomic mass is 10.2. The van der Waals surface area contributed by atoms with Crippen molar-refractivity contribution in [3.63, 3.8) is 0 Å². The van der Waals surface area contributed by atoms with Crippen molar-refractivity contribution in [1.82, 2.24) is 9.38 Å². The summed E-state index contributed by atoms with van der Waals surface area (Å²) in [5.41, 5.74) is 10.0. The second-order valence-electron chi connectivity index (χ2n) is 4.45. The summed E-state index contributed by atoms with van der Waals surface area (Å²) >= 11 is 12.1. The molecule has 19 heavy (non-hydrogen) atoms. The Labute approximate surface area is 120 Å². The number of hydrogen-bond acceptors (Lipinski definition) is 2. The first-order valence-corrected chi connectivity index (χ1v) is 6.50. The van der Waals surface area contributed by atoms with Crippen molar-refractivity contribution in [2.75, 3.05) is 5.73 Å². The topological polar surface area (TPSA) is 43.3 Å². The Morgan fingerprint density at radius 3 is 2.68 bits per heavy atom. The molecule has 3 rings (SSSR count). The molecule has 3 aromatic rings. The molecule has 0 saturated heterocycles. The molecule has 0 radical (unpaired) electrons. The van der Waals surface area contributed by atoms with E-state index >= 15 is 0 Å². The number of hydrogen-bond donors (Lipinski definition) is 1. The van der Waals surface area contributed by atoms with Crippen LogP contribution in [0.5, 0.6) is 0 Å². The zero-order chi connectivity index (χ0) is 13.6. The lowest BCUT2D eigenvalue weighted by Gasteiger charge is -2.00. The maximum atomic E-state index is 6.20. The van der Waals surface area contributed by atoms with Crippen LogP contribution in [0.15, 0.2) is 36.7 Å². The van der Waals surface area contributed by atoms with Crippen molar-refractivity contribution in [2.24, 2.45) is 0 Å². The summed E-state index contributed by atoms with van der Waals surface area (Å²) in [5, 5.41) is 1.18. The predicted molar refractivity (Wildman–Crippen MR) is 79.8 cm³/mol. The van der Waals surface area contributed by atoms with Gasteiger partial charge in [-0.2, -0.15) is 0 Å². The number of benzene rings is 1. The van der Waals surface area contributed by atoms with E-state index in [-0.39, 0.29) is 0 Å². The number of imidazole rings is 1. The maximum absolute atomic E-state index is 6.20. The van der Waals surface area contributed by atoms with Gasteiger partial charge in [0.2, 0.25) is 0 Å². The largest absolute Gasteiger partial charge is 0.396 e. The molecule has 0 fully saturated rings. The Kier molecular flexibility index (Phi) is 2.88. The second-order valence-corrected chi connectivity index (χ2v) is 5.30. The highest BCUT2D eigenvalue weighted by molar-refractivity contribution is 6.36. The van der Waals surface area contributed by atoms with Gasteiger partial charge in [-0.05, 0) is 36.8 Å². The minimum atomic E-state index is 0.575. The van der Waals surface area contributed by atoms with Crippen LogP contribution in [0.1, 0.15) is 5.56 Å². The molecule has 0 spiro atoms.